The molecule has 1 aromatic rings. The molecule has 1 unspecified atom stereocenters. The third-order valence-electron chi connectivity index (χ3n) is 5.43. The normalized spacial score (nSPS) is 26.5. The van der Waals surface area contributed by atoms with Crippen molar-refractivity contribution in [3.63, 3.8) is 0 Å². The minimum Gasteiger partial charge on any atom is -0.388 e. The molecule has 0 saturated carbocycles. The van der Waals surface area contributed by atoms with E-state index in [1.165, 1.54) is 42.9 Å². The van der Waals surface area contributed by atoms with Crippen molar-refractivity contribution >= 4 is 0 Å². The summed E-state index contributed by atoms with van der Waals surface area (Å²) >= 11 is 0. The molecule has 112 valence electrons. The molecule has 2 heterocycles. The first-order valence-corrected chi connectivity index (χ1v) is 8.04. The van der Waals surface area contributed by atoms with Crippen LogP contribution in [0.4, 0.5) is 0 Å². The fourth-order valence-electron chi connectivity index (χ4n) is 3.86. The zero-order valence-electron chi connectivity index (χ0n) is 13.2. The van der Waals surface area contributed by atoms with Crippen molar-refractivity contribution in [1.29, 1.82) is 0 Å². The van der Waals surface area contributed by atoms with Gasteiger partial charge in [-0.25, -0.2) is 0 Å². The maximum absolute atomic E-state index is 10.2. The summed E-state index contributed by atoms with van der Waals surface area (Å²) in [5.74, 6) is 0. The molecule has 20 heavy (non-hydrogen) atoms. The monoisotopic (exact) mass is 276 g/mol. The molecule has 1 fully saturated rings. The van der Waals surface area contributed by atoms with E-state index in [9.17, 15) is 5.11 Å². The predicted molar refractivity (Wildman–Crippen MR) is 81.9 cm³/mol. The lowest BCUT2D eigenvalue weighted by Crippen LogP contribution is -2.39. The van der Waals surface area contributed by atoms with Gasteiger partial charge >= 0.3 is 0 Å². The van der Waals surface area contributed by atoms with E-state index in [1.807, 2.05) is 0 Å². The summed E-state index contributed by atoms with van der Waals surface area (Å²) in [5, 5.41) is 10.2. The molecule has 0 bridgehead atoms. The van der Waals surface area contributed by atoms with Gasteiger partial charge in [0.2, 0.25) is 0 Å². The lowest BCUT2D eigenvalue weighted by atomic mass is 9.80. The largest absolute Gasteiger partial charge is 0.388 e. The maximum atomic E-state index is 10.2. The summed E-state index contributed by atoms with van der Waals surface area (Å²) in [6.07, 6.45) is 5.51. The molecule has 0 radical (unpaired) electrons. The number of aliphatic hydroxyl groups excluding tert-OH is 1. The second-order valence-electron chi connectivity index (χ2n) is 7.30. The molecule has 1 atom stereocenters. The number of aromatic nitrogens is 1. The molecular formula is C17H28N2O. The number of hydrogen-bond donors (Lipinski definition) is 1. The van der Waals surface area contributed by atoms with Gasteiger partial charge in [0.15, 0.2) is 0 Å². The van der Waals surface area contributed by atoms with Crippen molar-refractivity contribution in [1.82, 2.24) is 9.47 Å². The summed E-state index contributed by atoms with van der Waals surface area (Å²) in [4.78, 5) is 2.43. The van der Waals surface area contributed by atoms with Crippen molar-refractivity contribution in [2.45, 2.75) is 58.6 Å². The number of aryl methyl sites for hydroxylation is 1. The molecular weight excluding hydrogens is 248 g/mol. The van der Waals surface area contributed by atoms with E-state index in [4.69, 9.17) is 0 Å². The molecule has 0 amide bonds. The van der Waals surface area contributed by atoms with Crippen molar-refractivity contribution in [3.8, 4) is 0 Å². The van der Waals surface area contributed by atoms with Crippen LogP contribution in [0.3, 0.4) is 0 Å². The molecule has 1 N–H and O–H groups in total. The molecule has 0 spiro atoms. The van der Waals surface area contributed by atoms with E-state index in [1.54, 1.807) is 0 Å². The lowest BCUT2D eigenvalue weighted by molar-refractivity contribution is 0.117. The topological polar surface area (TPSA) is 28.4 Å². The van der Waals surface area contributed by atoms with Gasteiger partial charge in [0.25, 0.3) is 0 Å². The van der Waals surface area contributed by atoms with Gasteiger partial charge in [0, 0.05) is 23.5 Å². The van der Waals surface area contributed by atoms with E-state index in [0.29, 0.717) is 5.41 Å². The summed E-state index contributed by atoms with van der Waals surface area (Å²) in [6, 6.07) is 2.22. The smallest absolute Gasteiger partial charge is 0.0807 e. The Morgan fingerprint density at radius 3 is 2.75 bits per heavy atom. The van der Waals surface area contributed by atoms with Crippen LogP contribution >= 0.6 is 0 Å². The first-order chi connectivity index (χ1) is 9.48. The van der Waals surface area contributed by atoms with Gasteiger partial charge in [0.05, 0.1) is 6.10 Å². The van der Waals surface area contributed by atoms with Crippen molar-refractivity contribution in [3.05, 3.63) is 23.0 Å². The second-order valence-corrected chi connectivity index (χ2v) is 7.30. The minimum atomic E-state index is -0.232. The molecule has 1 saturated heterocycles. The van der Waals surface area contributed by atoms with Crippen molar-refractivity contribution < 1.29 is 5.11 Å². The second kappa shape index (κ2) is 5.19. The van der Waals surface area contributed by atoms with Crippen LogP contribution in [0.25, 0.3) is 0 Å². The van der Waals surface area contributed by atoms with Crippen LogP contribution < -0.4 is 0 Å². The number of aliphatic hydroxyl groups is 1. The van der Waals surface area contributed by atoms with E-state index in [-0.39, 0.29) is 6.10 Å². The van der Waals surface area contributed by atoms with Crippen LogP contribution in [0.1, 0.15) is 55.7 Å². The molecule has 1 aromatic heterocycles. The van der Waals surface area contributed by atoms with Gasteiger partial charge in [0.1, 0.15) is 0 Å². The Morgan fingerprint density at radius 1 is 1.35 bits per heavy atom. The Morgan fingerprint density at radius 2 is 2.05 bits per heavy atom. The molecule has 3 nitrogen and oxygen atoms in total. The summed E-state index contributed by atoms with van der Waals surface area (Å²) in [5.41, 5.74) is 4.34. The zero-order chi connectivity index (χ0) is 14.3. The van der Waals surface area contributed by atoms with Crippen molar-refractivity contribution in [2.75, 3.05) is 20.1 Å². The molecule has 3 rings (SSSR count). The highest BCUT2D eigenvalue weighted by Gasteiger charge is 2.32. The highest BCUT2D eigenvalue weighted by molar-refractivity contribution is 5.32. The fraction of sp³-hybridized carbons (Fsp3) is 0.765. The van der Waals surface area contributed by atoms with Gasteiger partial charge in [-0.1, -0.05) is 6.92 Å². The van der Waals surface area contributed by atoms with Crippen LogP contribution in [0.2, 0.25) is 0 Å². The molecule has 3 heteroatoms. The standard InChI is InChI=1S/C17H28N2O/c1-13-11-14-15(5-4-6-16(14)20)19(13)12-17(2)7-9-18(3)10-8-17/h11,16,20H,4-10,12H2,1-3H3. The maximum Gasteiger partial charge on any atom is 0.0807 e. The third kappa shape index (κ3) is 2.53. The van der Waals surface area contributed by atoms with E-state index in [0.717, 1.165) is 25.8 Å². The number of fused-ring (bicyclic) bond motifs is 1. The van der Waals surface area contributed by atoms with E-state index >= 15 is 0 Å². The summed E-state index contributed by atoms with van der Waals surface area (Å²) < 4.78 is 2.50. The predicted octanol–water partition coefficient (Wildman–Crippen LogP) is 2.90. The summed E-state index contributed by atoms with van der Waals surface area (Å²) in [6.45, 7) is 8.17. The molecule has 0 aromatic carbocycles. The third-order valence-corrected chi connectivity index (χ3v) is 5.43. The summed E-state index contributed by atoms with van der Waals surface area (Å²) in [7, 11) is 2.22. The van der Waals surface area contributed by atoms with Gasteiger partial charge in [-0.15, -0.1) is 0 Å². The highest BCUT2D eigenvalue weighted by atomic mass is 16.3. The lowest BCUT2D eigenvalue weighted by Gasteiger charge is -2.39. The number of nitrogens with zero attached hydrogens (tertiary/aromatic N) is 2. The Labute approximate surface area is 122 Å². The van der Waals surface area contributed by atoms with Crippen LogP contribution in [0, 0.1) is 12.3 Å². The number of likely N-dealkylation sites (tertiary alicyclic amines) is 1. The van der Waals surface area contributed by atoms with Gasteiger partial charge in [-0.05, 0) is 70.6 Å². The Balaban J connectivity index is 1.84. The van der Waals surface area contributed by atoms with Crippen LogP contribution in [-0.4, -0.2) is 34.7 Å². The Kier molecular flexibility index (Phi) is 3.67. The first-order valence-electron chi connectivity index (χ1n) is 8.04. The van der Waals surface area contributed by atoms with E-state index in [2.05, 4.69) is 36.4 Å². The average Bonchev–Trinajstić information content (AvgIpc) is 2.72. The van der Waals surface area contributed by atoms with Crippen LogP contribution in [-0.2, 0) is 13.0 Å². The van der Waals surface area contributed by atoms with Crippen LogP contribution in [0.5, 0.6) is 0 Å². The molecule has 1 aliphatic heterocycles. The molecule has 2 aliphatic rings. The average molecular weight is 276 g/mol. The fourth-order valence-corrected chi connectivity index (χ4v) is 3.86. The SMILES string of the molecule is Cc1cc2c(n1CC1(C)CCN(C)CC1)CCCC2O. The van der Waals surface area contributed by atoms with Gasteiger partial charge in [-0.3, -0.25) is 0 Å². The van der Waals surface area contributed by atoms with Gasteiger partial charge < -0.3 is 14.6 Å². The Bertz CT molecular complexity index is 483. The number of piperidine rings is 1. The first kappa shape index (κ1) is 14.2. The quantitative estimate of drug-likeness (QED) is 0.899. The van der Waals surface area contributed by atoms with Crippen LogP contribution in [0.15, 0.2) is 6.07 Å². The molecule has 1 aliphatic carbocycles. The van der Waals surface area contributed by atoms with Crippen molar-refractivity contribution in [2.24, 2.45) is 5.41 Å². The van der Waals surface area contributed by atoms with Gasteiger partial charge in [-0.2, -0.15) is 0 Å². The number of hydrogen-bond acceptors (Lipinski definition) is 2. The number of rotatable bonds is 2. The zero-order valence-corrected chi connectivity index (χ0v) is 13.2. The van der Waals surface area contributed by atoms with E-state index < -0.39 is 0 Å². The minimum absolute atomic E-state index is 0.232. The Hall–Kier alpha value is -0.800. The highest BCUT2D eigenvalue weighted by Crippen LogP contribution is 2.37.